The van der Waals surface area contributed by atoms with Gasteiger partial charge in [0, 0.05) is 34.6 Å². The van der Waals surface area contributed by atoms with Gasteiger partial charge in [0.25, 0.3) is 17.5 Å². The van der Waals surface area contributed by atoms with Crippen LogP contribution in [0.1, 0.15) is 26.3 Å². The molecule has 0 aromatic heterocycles. The van der Waals surface area contributed by atoms with Gasteiger partial charge in [0.05, 0.1) is 10.5 Å². The molecule has 0 fully saturated rings. The number of hydrogen-bond donors (Lipinski definition) is 4. The van der Waals surface area contributed by atoms with Gasteiger partial charge in [-0.3, -0.25) is 30.6 Å². The maximum atomic E-state index is 12.6. The van der Waals surface area contributed by atoms with Gasteiger partial charge < -0.3 is 10.6 Å². The largest absolute Gasteiger partial charge is 0.416 e. The number of alkyl halides is 3. The molecule has 0 aliphatic heterocycles. The lowest BCUT2D eigenvalue weighted by molar-refractivity contribution is -0.384. The highest BCUT2D eigenvalue weighted by atomic mass is 32.1. The Labute approximate surface area is 201 Å². The summed E-state index contributed by atoms with van der Waals surface area (Å²) in [6.07, 6.45) is -4.50. The van der Waals surface area contributed by atoms with Crippen LogP contribution in [0.5, 0.6) is 0 Å². The number of anilines is 2. The molecule has 0 heterocycles. The molecule has 0 aliphatic rings. The van der Waals surface area contributed by atoms with Gasteiger partial charge in [0.1, 0.15) is 0 Å². The average molecular weight is 503 g/mol. The second-order valence-electron chi connectivity index (χ2n) is 6.94. The van der Waals surface area contributed by atoms with Crippen molar-refractivity contribution in [2.75, 3.05) is 10.6 Å². The summed E-state index contributed by atoms with van der Waals surface area (Å²) in [4.78, 5) is 34.6. The molecule has 0 saturated heterocycles. The summed E-state index contributed by atoms with van der Waals surface area (Å²) in [6.45, 7) is 0. The van der Waals surface area contributed by atoms with E-state index in [1.807, 2.05) is 0 Å². The molecule has 3 aromatic rings. The van der Waals surface area contributed by atoms with Gasteiger partial charge in [-0.2, -0.15) is 13.2 Å². The van der Waals surface area contributed by atoms with E-state index in [2.05, 4.69) is 21.5 Å². The van der Waals surface area contributed by atoms with Gasteiger partial charge in [-0.25, -0.2) is 0 Å². The quantitative estimate of drug-likeness (QED) is 0.230. The van der Waals surface area contributed by atoms with Gasteiger partial charge in [-0.05, 0) is 72.9 Å². The number of hydrazine groups is 1. The first-order valence-corrected chi connectivity index (χ1v) is 10.1. The topological polar surface area (TPSA) is 125 Å². The standard InChI is InChI=1S/C22H16F3N5O4S/c23-22(24,25)15-5-1-13(2-6-15)19(31)26-16-7-3-14(4-8-16)20(32)28-29-21(35)27-17-9-11-18(12-10-17)30(33)34/h1-12H,(H,26,31)(H,28,32)(H2,27,29,35). The van der Waals surface area contributed by atoms with Crippen LogP contribution in [0.4, 0.5) is 30.2 Å². The molecule has 180 valence electrons. The summed E-state index contributed by atoms with van der Waals surface area (Å²) >= 11 is 5.05. The van der Waals surface area contributed by atoms with Gasteiger partial charge in [-0.1, -0.05) is 0 Å². The normalized spacial score (nSPS) is 10.7. The number of rotatable bonds is 5. The fourth-order valence-electron chi connectivity index (χ4n) is 2.73. The predicted octanol–water partition coefficient (Wildman–Crippen LogP) is 4.50. The Morgan fingerprint density at radius 3 is 1.77 bits per heavy atom. The number of amides is 2. The molecule has 13 heteroatoms. The van der Waals surface area contributed by atoms with Crippen LogP contribution >= 0.6 is 12.2 Å². The van der Waals surface area contributed by atoms with Crippen LogP contribution in [0.3, 0.4) is 0 Å². The number of thiocarbonyl (C=S) groups is 1. The molecule has 4 N–H and O–H groups in total. The number of carbonyl (C=O) groups is 2. The maximum absolute atomic E-state index is 12.6. The summed E-state index contributed by atoms with van der Waals surface area (Å²) in [7, 11) is 0. The second-order valence-corrected chi connectivity index (χ2v) is 7.35. The number of nitro groups is 1. The van der Waals surface area contributed by atoms with Crippen LogP contribution in [0.25, 0.3) is 0 Å². The number of benzene rings is 3. The van der Waals surface area contributed by atoms with Crippen molar-refractivity contribution < 1.29 is 27.7 Å². The molecule has 0 atom stereocenters. The molecule has 9 nitrogen and oxygen atoms in total. The van der Waals surface area contributed by atoms with Crippen LogP contribution in [0.2, 0.25) is 0 Å². The van der Waals surface area contributed by atoms with Gasteiger partial charge in [0.15, 0.2) is 5.11 Å². The number of nitrogens with one attached hydrogen (secondary N) is 4. The molecule has 3 rings (SSSR count). The van der Waals surface area contributed by atoms with Gasteiger partial charge >= 0.3 is 6.18 Å². The van der Waals surface area contributed by atoms with Gasteiger partial charge in [0.2, 0.25) is 0 Å². The second kappa shape index (κ2) is 10.6. The number of hydrogen-bond acceptors (Lipinski definition) is 5. The molecule has 0 unspecified atom stereocenters. The van der Waals surface area contributed by atoms with Crippen LogP contribution in [-0.2, 0) is 6.18 Å². The zero-order chi connectivity index (χ0) is 25.6. The SMILES string of the molecule is O=C(NNC(=S)Nc1ccc([N+](=O)[O-])cc1)c1ccc(NC(=O)c2ccc(C(F)(F)F)cc2)cc1. The summed E-state index contributed by atoms with van der Waals surface area (Å²) in [5.74, 6) is -1.15. The summed E-state index contributed by atoms with van der Waals surface area (Å²) in [5, 5.41) is 16.0. The highest BCUT2D eigenvalue weighted by Crippen LogP contribution is 2.29. The Kier molecular flexibility index (Phi) is 7.61. The number of carbonyl (C=O) groups excluding carboxylic acids is 2. The van der Waals surface area contributed by atoms with E-state index in [0.29, 0.717) is 11.4 Å². The number of nitrogens with zero attached hydrogens (tertiary/aromatic N) is 1. The Morgan fingerprint density at radius 1 is 0.743 bits per heavy atom. The van der Waals surface area contributed by atoms with E-state index in [1.165, 1.54) is 48.5 Å². The predicted molar refractivity (Wildman–Crippen MR) is 126 cm³/mol. The molecular weight excluding hydrogens is 487 g/mol. The third kappa shape index (κ3) is 6.98. The van der Waals surface area contributed by atoms with E-state index in [-0.39, 0.29) is 21.9 Å². The van der Waals surface area contributed by atoms with Crippen molar-refractivity contribution in [3.63, 3.8) is 0 Å². The third-order valence-electron chi connectivity index (χ3n) is 4.50. The lowest BCUT2D eigenvalue weighted by atomic mass is 10.1. The van der Waals surface area contributed by atoms with Crippen LogP contribution in [0.15, 0.2) is 72.8 Å². The first kappa shape index (κ1) is 25.1. The van der Waals surface area contributed by atoms with E-state index in [1.54, 1.807) is 0 Å². The van der Waals surface area contributed by atoms with E-state index in [0.717, 1.165) is 24.3 Å². The van der Waals surface area contributed by atoms with E-state index in [4.69, 9.17) is 12.2 Å². The minimum atomic E-state index is -4.50. The van der Waals surface area contributed by atoms with Crippen molar-refractivity contribution in [2.45, 2.75) is 6.18 Å². The van der Waals surface area contributed by atoms with Crippen LogP contribution in [0, 0.1) is 10.1 Å². The molecule has 35 heavy (non-hydrogen) atoms. The Hall–Kier alpha value is -4.52. The molecule has 0 saturated carbocycles. The smallest absolute Gasteiger partial charge is 0.331 e. The number of non-ortho nitro benzene ring substituents is 1. The zero-order valence-electron chi connectivity index (χ0n) is 17.6. The van der Waals surface area contributed by atoms with Crippen molar-refractivity contribution >= 4 is 46.2 Å². The fraction of sp³-hybridized carbons (Fsp3) is 0.0455. The van der Waals surface area contributed by atoms with Crippen molar-refractivity contribution in [2.24, 2.45) is 0 Å². The maximum Gasteiger partial charge on any atom is 0.416 e. The minimum Gasteiger partial charge on any atom is -0.331 e. The lowest BCUT2D eigenvalue weighted by Crippen LogP contribution is -2.43. The Balaban J connectivity index is 1.50. The van der Waals surface area contributed by atoms with Crippen molar-refractivity contribution in [3.05, 3.63) is 99.6 Å². The lowest BCUT2D eigenvalue weighted by Gasteiger charge is -2.12. The first-order valence-electron chi connectivity index (χ1n) is 9.73. The molecule has 0 bridgehead atoms. The van der Waals surface area contributed by atoms with E-state index >= 15 is 0 Å². The van der Waals surface area contributed by atoms with Crippen molar-refractivity contribution in [3.8, 4) is 0 Å². The zero-order valence-corrected chi connectivity index (χ0v) is 18.4. The Bertz CT molecular complexity index is 1250. The van der Waals surface area contributed by atoms with Gasteiger partial charge in [-0.15, -0.1) is 0 Å². The van der Waals surface area contributed by atoms with Crippen molar-refractivity contribution in [1.29, 1.82) is 0 Å². The third-order valence-corrected chi connectivity index (χ3v) is 4.71. The first-order chi connectivity index (χ1) is 16.5. The highest BCUT2D eigenvalue weighted by molar-refractivity contribution is 7.80. The number of halogens is 3. The van der Waals surface area contributed by atoms with Crippen LogP contribution in [-0.4, -0.2) is 21.9 Å². The van der Waals surface area contributed by atoms with E-state index in [9.17, 15) is 32.9 Å². The number of nitro benzene ring substituents is 1. The molecular formula is C22H16F3N5O4S. The molecule has 0 radical (unpaired) electrons. The fourth-order valence-corrected chi connectivity index (χ4v) is 2.90. The Morgan fingerprint density at radius 2 is 1.23 bits per heavy atom. The molecule has 3 aromatic carbocycles. The minimum absolute atomic E-state index is 0.0348. The highest BCUT2D eigenvalue weighted by Gasteiger charge is 2.30. The van der Waals surface area contributed by atoms with E-state index < -0.39 is 28.5 Å². The molecule has 0 spiro atoms. The van der Waals surface area contributed by atoms with Crippen LogP contribution < -0.4 is 21.5 Å². The molecule has 0 aliphatic carbocycles. The summed E-state index contributed by atoms with van der Waals surface area (Å²) < 4.78 is 37.9. The van der Waals surface area contributed by atoms with Crippen molar-refractivity contribution in [1.82, 2.24) is 10.9 Å². The summed E-state index contributed by atoms with van der Waals surface area (Å²) in [5.41, 5.74) is 4.98. The monoisotopic (exact) mass is 503 g/mol. The molecule has 2 amide bonds. The summed E-state index contributed by atoms with van der Waals surface area (Å²) in [6, 6.07) is 15.0. The average Bonchev–Trinajstić information content (AvgIpc) is 2.83.